The number of rotatable bonds is 11. The Morgan fingerprint density at radius 1 is 0.885 bits per heavy atom. The third-order valence-corrected chi connectivity index (χ3v) is 11.6. The van der Waals surface area contributed by atoms with E-state index in [0.717, 1.165) is 22.1 Å². The quantitative estimate of drug-likeness (QED) is 0.0770. The standard InChI is InChI=1S/C41H34N2O8S/c1-48-41(42-33(44)23-26-11-5-2-6-12-26)38(47)43-35(37(46)51-36(28-13-7-3-8-14-28)29-15-9-4-10-16-29)31(40(21-22-40)52-39(41)43)25-49-30-19-17-27-18-20-34(45)50-32(27)24-30/h2-20,24,36,39H,21-23,25H2,1H3,(H,42,44)/t39-,41+/m1/s1. The molecule has 3 aliphatic rings. The first-order valence-corrected chi connectivity index (χ1v) is 17.8. The van der Waals surface area contributed by atoms with Crippen molar-refractivity contribution in [1.29, 1.82) is 0 Å². The van der Waals surface area contributed by atoms with Crippen LogP contribution in [0.3, 0.4) is 0 Å². The third-order valence-electron chi connectivity index (χ3n) is 9.69. The molecule has 0 unspecified atom stereocenters. The fourth-order valence-electron chi connectivity index (χ4n) is 6.88. The lowest BCUT2D eigenvalue weighted by Crippen LogP contribution is -2.81. The molecule has 5 aromatic rings. The summed E-state index contributed by atoms with van der Waals surface area (Å²) >= 11 is 1.47. The smallest absolute Gasteiger partial charge is 0.356 e. The number of fused-ring (bicyclic) bond motifs is 2. The van der Waals surface area contributed by atoms with E-state index < -0.39 is 39.5 Å². The number of nitrogens with zero attached hydrogens (tertiary/aromatic N) is 1. The molecule has 8 rings (SSSR count). The Balaban J connectivity index is 1.17. The fraction of sp³-hybridized carbons (Fsp3) is 0.220. The van der Waals surface area contributed by atoms with E-state index in [4.69, 9.17) is 18.6 Å². The van der Waals surface area contributed by atoms with Crippen molar-refractivity contribution in [3.8, 4) is 5.75 Å². The zero-order valence-electron chi connectivity index (χ0n) is 28.2. The lowest BCUT2D eigenvalue weighted by molar-refractivity contribution is -0.193. The molecule has 4 aromatic carbocycles. The highest BCUT2D eigenvalue weighted by molar-refractivity contribution is 8.02. The van der Waals surface area contributed by atoms with Gasteiger partial charge >= 0.3 is 11.6 Å². The second kappa shape index (κ2) is 13.5. The van der Waals surface area contributed by atoms with Crippen molar-refractivity contribution in [1.82, 2.24) is 10.2 Å². The van der Waals surface area contributed by atoms with Crippen LogP contribution in [0, 0.1) is 0 Å². The largest absolute Gasteiger partial charge is 0.489 e. The highest BCUT2D eigenvalue weighted by Gasteiger charge is 2.72. The maximum atomic E-state index is 14.7. The lowest BCUT2D eigenvalue weighted by Gasteiger charge is -2.57. The van der Waals surface area contributed by atoms with Gasteiger partial charge in [-0.3, -0.25) is 14.5 Å². The van der Waals surface area contributed by atoms with Crippen LogP contribution in [0.15, 0.2) is 142 Å². The van der Waals surface area contributed by atoms with Crippen molar-refractivity contribution >= 4 is 40.5 Å². The molecule has 0 bridgehead atoms. The first kappa shape index (κ1) is 33.5. The van der Waals surface area contributed by atoms with Crippen LogP contribution in [0.2, 0.25) is 0 Å². The van der Waals surface area contributed by atoms with Gasteiger partial charge in [-0.15, -0.1) is 11.8 Å². The summed E-state index contributed by atoms with van der Waals surface area (Å²) in [6.07, 6.45) is 0.686. The molecule has 10 nitrogen and oxygen atoms in total. The molecule has 1 aromatic heterocycles. The Labute approximate surface area is 303 Å². The number of carbonyl (C=O) groups is 3. The van der Waals surface area contributed by atoms with Gasteiger partial charge < -0.3 is 23.9 Å². The average Bonchev–Trinajstić information content (AvgIpc) is 3.95. The van der Waals surface area contributed by atoms with Crippen LogP contribution in [0.4, 0.5) is 0 Å². The van der Waals surface area contributed by atoms with Gasteiger partial charge in [0.05, 0.1) is 6.42 Å². The number of benzene rings is 4. The first-order chi connectivity index (χ1) is 25.3. The van der Waals surface area contributed by atoms with E-state index in [1.165, 1.54) is 29.8 Å². The van der Waals surface area contributed by atoms with Crippen molar-refractivity contribution < 1.29 is 33.0 Å². The number of ether oxygens (including phenoxy) is 3. The lowest BCUT2D eigenvalue weighted by atomic mass is 9.95. The normalized spacial score (nSPS) is 20.0. The summed E-state index contributed by atoms with van der Waals surface area (Å²) in [5.41, 5.74) is 1.16. The van der Waals surface area contributed by atoms with Crippen LogP contribution in [0.25, 0.3) is 11.0 Å². The zero-order valence-corrected chi connectivity index (χ0v) is 29.0. The van der Waals surface area contributed by atoms with Crippen LogP contribution in [0.1, 0.15) is 35.6 Å². The summed E-state index contributed by atoms with van der Waals surface area (Å²) in [6.45, 7) is -0.0435. The molecule has 1 N–H and O–H groups in total. The van der Waals surface area contributed by atoms with Crippen molar-refractivity contribution in [3.05, 3.63) is 160 Å². The molecule has 1 aliphatic carbocycles. The summed E-state index contributed by atoms with van der Waals surface area (Å²) < 4.78 is 23.3. The van der Waals surface area contributed by atoms with E-state index in [-0.39, 0.29) is 24.6 Å². The van der Waals surface area contributed by atoms with Crippen molar-refractivity contribution in [3.63, 3.8) is 0 Å². The summed E-state index contributed by atoms with van der Waals surface area (Å²) in [4.78, 5) is 55.7. The van der Waals surface area contributed by atoms with Gasteiger partial charge in [-0.25, -0.2) is 9.59 Å². The van der Waals surface area contributed by atoms with Crippen LogP contribution < -0.4 is 15.7 Å². The number of esters is 1. The summed E-state index contributed by atoms with van der Waals surface area (Å²) in [7, 11) is 1.39. The van der Waals surface area contributed by atoms with E-state index in [1.54, 1.807) is 24.3 Å². The van der Waals surface area contributed by atoms with Crippen molar-refractivity contribution in [2.75, 3.05) is 13.7 Å². The monoisotopic (exact) mass is 714 g/mol. The predicted molar refractivity (Wildman–Crippen MR) is 194 cm³/mol. The molecule has 2 atom stereocenters. The van der Waals surface area contributed by atoms with Gasteiger partial charge in [0.1, 0.15) is 29.0 Å². The number of nitrogens with one attached hydrogen (secondary N) is 1. The molecule has 1 saturated heterocycles. The number of thioether (sulfide) groups is 1. The van der Waals surface area contributed by atoms with Crippen LogP contribution >= 0.6 is 11.8 Å². The van der Waals surface area contributed by atoms with E-state index >= 15 is 0 Å². The first-order valence-electron chi connectivity index (χ1n) is 16.9. The molecule has 52 heavy (non-hydrogen) atoms. The molecule has 2 fully saturated rings. The number of β-lactam (4-membered cyclic amide) rings is 1. The molecule has 262 valence electrons. The number of hydrogen-bond donors (Lipinski definition) is 1. The van der Waals surface area contributed by atoms with Gasteiger partial charge in [-0.1, -0.05) is 91.0 Å². The van der Waals surface area contributed by atoms with Gasteiger partial charge in [0.25, 0.3) is 11.6 Å². The fourth-order valence-corrected chi connectivity index (χ4v) is 8.67. The molecule has 2 amide bonds. The third kappa shape index (κ3) is 6.05. The van der Waals surface area contributed by atoms with Gasteiger partial charge in [-0.05, 0) is 47.7 Å². The molecule has 0 radical (unpaired) electrons. The predicted octanol–water partition coefficient (Wildman–Crippen LogP) is 5.91. The summed E-state index contributed by atoms with van der Waals surface area (Å²) in [6, 6.07) is 36.2. The zero-order chi connectivity index (χ0) is 35.9. The Morgan fingerprint density at radius 3 is 2.15 bits per heavy atom. The van der Waals surface area contributed by atoms with Crippen LogP contribution in [0.5, 0.6) is 5.75 Å². The summed E-state index contributed by atoms with van der Waals surface area (Å²) in [5.74, 6) is -1.25. The Morgan fingerprint density at radius 2 is 1.52 bits per heavy atom. The average molecular weight is 715 g/mol. The van der Waals surface area contributed by atoms with Gasteiger partial charge in [0, 0.05) is 34.9 Å². The molecule has 2 aliphatic heterocycles. The second-order valence-corrected chi connectivity index (χ2v) is 14.4. The molecular formula is C41H34N2O8S. The minimum Gasteiger partial charge on any atom is -0.489 e. The van der Waals surface area contributed by atoms with Gasteiger partial charge in [0.15, 0.2) is 6.10 Å². The number of methoxy groups -OCH3 is 1. The SMILES string of the molecule is CO[C@@]1(NC(=O)Cc2ccccc2)C(=O)N2C(C(=O)OC(c3ccccc3)c3ccccc3)=C(COc3ccc4ccc(=O)oc4c3)C3(CC3)S[C@@H]21. The minimum absolute atomic E-state index is 0.0435. The van der Waals surface area contributed by atoms with Crippen LogP contribution in [-0.4, -0.2) is 52.2 Å². The number of hydrogen-bond acceptors (Lipinski definition) is 9. The molecule has 1 spiro atoms. The van der Waals surface area contributed by atoms with E-state index in [9.17, 15) is 19.2 Å². The van der Waals surface area contributed by atoms with E-state index in [1.807, 2.05) is 91.0 Å². The van der Waals surface area contributed by atoms with Gasteiger partial charge in [-0.2, -0.15) is 0 Å². The maximum absolute atomic E-state index is 14.7. The molecule has 11 heteroatoms. The van der Waals surface area contributed by atoms with Crippen LogP contribution in [-0.2, 0) is 30.3 Å². The summed E-state index contributed by atoms with van der Waals surface area (Å²) in [5, 5.41) is 2.85. The molecular weight excluding hydrogens is 681 g/mol. The highest BCUT2D eigenvalue weighted by atomic mass is 32.2. The van der Waals surface area contributed by atoms with Crippen molar-refractivity contribution in [2.24, 2.45) is 0 Å². The Hall–Kier alpha value is -5.65. The maximum Gasteiger partial charge on any atom is 0.356 e. The minimum atomic E-state index is -1.70. The molecule has 3 heterocycles. The molecule has 1 saturated carbocycles. The van der Waals surface area contributed by atoms with E-state index in [0.29, 0.717) is 29.7 Å². The number of amides is 2. The second-order valence-electron chi connectivity index (χ2n) is 13.0. The Kier molecular flexibility index (Phi) is 8.68. The number of carbonyl (C=O) groups excluding carboxylic acids is 3. The van der Waals surface area contributed by atoms with E-state index in [2.05, 4.69) is 5.32 Å². The van der Waals surface area contributed by atoms with Crippen molar-refractivity contribution in [2.45, 2.75) is 41.2 Å². The Bertz CT molecular complexity index is 2220. The highest BCUT2D eigenvalue weighted by Crippen LogP contribution is 2.64. The topological polar surface area (TPSA) is 124 Å². The van der Waals surface area contributed by atoms with Gasteiger partial charge in [0.2, 0.25) is 5.91 Å².